The Bertz CT molecular complexity index is 628. The van der Waals surface area contributed by atoms with Crippen molar-refractivity contribution in [2.75, 3.05) is 19.6 Å². The highest BCUT2D eigenvalue weighted by Crippen LogP contribution is 2.18. The molecule has 0 aliphatic carbocycles. The standard InChI is InChI=1S/C16H22N4O/c1-20-14-5-3-2-4-13(14)15(19-20)16(21)18-11-8-12-6-9-17-10-7-12/h2-5,12,17H,6-11H2,1H3,(H,18,21). The van der Waals surface area contributed by atoms with Gasteiger partial charge in [-0.05, 0) is 44.3 Å². The molecule has 1 saturated heterocycles. The molecule has 1 aliphatic rings. The first-order valence-electron chi connectivity index (χ1n) is 7.66. The number of aromatic nitrogens is 2. The molecule has 0 radical (unpaired) electrons. The van der Waals surface area contributed by atoms with E-state index in [9.17, 15) is 4.79 Å². The number of carbonyl (C=O) groups is 1. The smallest absolute Gasteiger partial charge is 0.272 e. The highest BCUT2D eigenvalue weighted by Gasteiger charge is 2.17. The van der Waals surface area contributed by atoms with Gasteiger partial charge in [-0.1, -0.05) is 18.2 Å². The maximum atomic E-state index is 12.3. The van der Waals surface area contributed by atoms with Gasteiger partial charge < -0.3 is 10.6 Å². The van der Waals surface area contributed by atoms with Crippen LogP contribution in [0.1, 0.15) is 29.8 Å². The molecule has 1 aromatic heterocycles. The average Bonchev–Trinajstić information content (AvgIpc) is 2.86. The third-order valence-electron chi connectivity index (χ3n) is 4.27. The van der Waals surface area contributed by atoms with E-state index >= 15 is 0 Å². The summed E-state index contributed by atoms with van der Waals surface area (Å²) in [6, 6.07) is 7.83. The number of benzene rings is 1. The van der Waals surface area contributed by atoms with E-state index in [-0.39, 0.29) is 5.91 Å². The van der Waals surface area contributed by atoms with Crippen LogP contribution in [0.2, 0.25) is 0 Å². The van der Waals surface area contributed by atoms with Gasteiger partial charge >= 0.3 is 0 Å². The van der Waals surface area contributed by atoms with Crippen LogP contribution in [-0.4, -0.2) is 35.3 Å². The second-order valence-electron chi connectivity index (χ2n) is 5.73. The molecule has 1 fully saturated rings. The monoisotopic (exact) mass is 286 g/mol. The highest BCUT2D eigenvalue weighted by molar-refractivity contribution is 6.04. The van der Waals surface area contributed by atoms with Crippen molar-refractivity contribution in [3.63, 3.8) is 0 Å². The first-order chi connectivity index (χ1) is 10.3. The fourth-order valence-corrected chi connectivity index (χ4v) is 3.03. The van der Waals surface area contributed by atoms with Crippen molar-refractivity contribution >= 4 is 16.8 Å². The van der Waals surface area contributed by atoms with Gasteiger partial charge in [0.25, 0.3) is 5.91 Å². The van der Waals surface area contributed by atoms with Crippen molar-refractivity contribution in [3.05, 3.63) is 30.0 Å². The lowest BCUT2D eigenvalue weighted by atomic mass is 9.95. The number of rotatable bonds is 4. The van der Waals surface area contributed by atoms with Gasteiger partial charge in [0.1, 0.15) is 0 Å². The Kier molecular flexibility index (Phi) is 4.20. The summed E-state index contributed by atoms with van der Waals surface area (Å²) < 4.78 is 1.76. The van der Waals surface area contributed by atoms with E-state index in [4.69, 9.17) is 0 Å². The van der Waals surface area contributed by atoms with E-state index in [2.05, 4.69) is 15.7 Å². The predicted octanol–water partition coefficient (Wildman–Crippen LogP) is 1.69. The Balaban J connectivity index is 1.61. The van der Waals surface area contributed by atoms with Crippen LogP contribution >= 0.6 is 0 Å². The lowest BCUT2D eigenvalue weighted by Gasteiger charge is -2.22. The van der Waals surface area contributed by atoms with Gasteiger partial charge in [0.05, 0.1) is 5.52 Å². The normalized spacial score (nSPS) is 16.2. The topological polar surface area (TPSA) is 59.0 Å². The molecule has 2 heterocycles. The molecular formula is C16H22N4O. The molecular weight excluding hydrogens is 264 g/mol. The largest absolute Gasteiger partial charge is 0.351 e. The van der Waals surface area contributed by atoms with Gasteiger partial charge in [-0.15, -0.1) is 0 Å². The molecule has 1 amide bonds. The second-order valence-corrected chi connectivity index (χ2v) is 5.73. The summed E-state index contributed by atoms with van der Waals surface area (Å²) in [4.78, 5) is 12.3. The van der Waals surface area contributed by atoms with Crippen molar-refractivity contribution in [2.45, 2.75) is 19.3 Å². The molecule has 5 heteroatoms. The Morgan fingerprint density at radius 3 is 2.95 bits per heavy atom. The molecule has 21 heavy (non-hydrogen) atoms. The van der Waals surface area contributed by atoms with E-state index in [0.717, 1.165) is 42.9 Å². The summed E-state index contributed by atoms with van der Waals surface area (Å²) in [6.07, 6.45) is 3.48. The molecule has 2 aromatic rings. The minimum atomic E-state index is -0.0688. The number of para-hydroxylation sites is 1. The molecule has 0 bridgehead atoms. The zero-order chi connectivity index (χ0) is 14.7. The molecule has 0 saturated carbocycles. The third-order valence-corrected chi connectivity index (χ3v) is 4.27. The number of fused-ring (bicyclic) bond motifs is 1. The minimum absolute atomic E-state index is 0.0688. The summed E-state index contributed by atoms with van der Waals surface area (Å²) in [6.45, 7) is 2.93. The molecule has 0 spiro atoms. The zero-order valence-electron chi connectivity index (χ0n) is 12.4. The van der Waals surface area contributed by atoms with E-state index in [1.165, 1.54) is 12.8 Å². The van der Waals surface area contributed by atoms with Crippen LogP contribution in [0.5, 0.6) is 0 Å². The molecule has 2 N–H and O–H groups in total. The summed E-state index contributed by atoms with van der Waals surface area (Å²) in [5.41, 5.74) is 1.51. The fraction of sp³-hybridized carbons (Fsp3) is 0.500. The molecule has 1 aromatic carbocycles. The van der Waals surface area contributed by atoms with Crippen molar-refractivity contribution in [1.29, 1.82) is 0 Å². The number of carbonyl (C=O) groups excluding carboxylic acids is 1. The molecule has 1 aliphatic heterocycles. The van der Waals surface area contributed by atoms with E-state index in [0.29, 0.717) is 5.69 Å². The molecule has 0 atom stereocenters. The molecule has 5 nitrogen and oxygen atoms in total. The molecule has 112 valence electrons. The van der Waals surface area contributed by atoms with Crippen molar-refractivity contribution in [1.82, 2.24) is 20.4 Å². The van der Waals surface area contributed by atoms with Crippen LogP contribution in [0.25, 0.3) is 10.9 Å². The Labute approximate surface area is 124 Å². The Hall–Kier alpha value is -1.88. The van der Waals surface area contributed by atoms with Crippen LogP contribution < -0.4 is 10.6 Å². The first-order valence-corrected chi connectivity index (χ1v) is 7.66. The van der Waals surface area contributed by atoms with E-state index < -0.39 is 0 Å². The van der Waals surface area contributed by atoms with E-state index in [1.807, 2.05) is 31.3 Å². The maximum Gasteiger partial charge on any atom is 0.272 e. The predicted molar refractivity (Wildman–Crippen MR) is 83.3 cm³/mol. The van der Waals surface area contributed by atoms with Gasteiger partial charge in [-0.2, -0.15) is 5.10 Å². The van der Waals surface area contributed by atoms with Crippen molar-refractivity contribution in [3.8, 4) is 0 Å². The number of piperidine rings is 1. The summed E-state index contributed by atoms with van der Waals surface area (Å²) >= 11 is 0. The average molecular weight is 286 g/mol. The fourth-order valence-electron chi connectivity index (χ4n) is 3.03. The second kappa shape index (κ2) is 6.26. The maximum absolute atomic E-state index is 12.3. The van der Waals surface area contributed by atoms with Gasteiger partial charge in [-0.3, -0.25) is 9.48 Å². The number of nitrogens with zero attached hydrogens (tertiary/aromatic N) is 2. The first kappa shape index (κ1) is 14.1. The number of hydrogen-bond donors (Lipinski definition) is 2. The summed E-state index contributed by atoms with van der Waals surface area (Å²) in [5, 5.41) is 11.6. The van der Waals surface area contributed by atoms with Crippen LogP contribution in [0.3, 0.4) is 0 Å². The summed E-state index contributed by atoms with van der Waals surface area (Å²) in [5.74, 6) is 0.660. The SMILES string of the molecule is Cn1nc(C(=O)NCCC2CCNCC2)c2ccccc21. The third kappa shape index (κ3) is 3.08. The van der Waals surface area contributed by atoms with Crippen LogP contribution in [0, 0.1) is 5.92 Å². The van der Waals surface area contributed by atoms with Crippen LogP contribution in [0.4, 0.5) is 0 Å². The molecule has 0 unspecified atom stereocenters. The Morgan fingerprint density at radius 2 is 2.14 bits per heavy atom. The zero-order valence-corrected chi connectivity index (χ0v) is 12.4. The van der Waals surface area contributed by atoms with Gasteiger partial charge in [0.15, 0.2) is 5.69 Å². The minimum Gasteiger partial charge on any atom is -0.351 e. The van der Waals surface area contributed by atoms with Crippen LogP contribution in [-0.2, 0) is 7.05 Å². The number of hydrogen-bond acceptors (Lipinski definition) is 3. The molecule has 3 rings (SSSR count). The van der Waals surface area contributed by atoms with E-state index in [1.54, 1.807) is 4.68 Å². The highest BCUT2D eigenvalue weighted by atomic mass is 16.1. The van der Waals surface area contributed by atoms with Crippen molar-refractivity contribution in [2.24, 2.45) is 13.0 Å². The Morgan fingerprint density at radius 1 is 1.38 bits per heavy atom. The van der Waals surface area contributed by atoms with Crippen molar-refractivity contribution < 1.29 is 4.79 Å². The van der Waals surface area contributed by atoms with Gasteiger partial charge in [0.2, 0.25) is 0 Å². The number of amides is 1. The lowest BCUT2D eigenvalue weighted by molar-refractivity contribution is 0.0946. The number of nitrogens with one attached hydrogen (secondary N) is 2. The number of aryl methyl sites for hydroxylation is 1. The quantitative estimate of drug-likeness (QED) is 0.899. The lowest BCUT2D eigenvalue weighted by Crippen LogP contribution is -2.31. The van der Waals surface area contributed by atoms with Gasteiger partial charge in [-0.25, -0.2) is 0 Å². The van der Waals surface area contributed by atoms with Crippen LogP contribution in [0.15, 0.2) is 24.3 Å². The van der Waals surface area contributed by atoms with Gasteiger partial charge in [0, 0.05) is 19.0 Å². The summed E-state index contributed by atoms with van der Waals surface area (Å²) in [7, 11) is 1.87.